The zero-order valence-electron chi connectivity index (χ0n) is 16.0. The zero-order valence-corrected chi connectivity index (χ0v) is 16.0. The summed E-state index contributed by atoms with van der Waals surface area (Å²) in [5.74, 6) is -0.228. The normalized spacial score (nSPS) is 14.6. The van der Waals surface area contributed by atoms with E-state index in [1.54, 1.807) is 45.0 Å². The summed E-state index contributed by atoms with van der Waals surface area (Å²) in [6, 6.07) is 6.58. The molecule has 0 fully saturated rings. The number of Topliss-reactive ketones (excluding diaryl/α,β-unsaturated/α-hetero) is 2. The van der Waals surface area contributed by atoms with Gasteiger partial charge < -0.3 is 4.74 Å². The first-order valence-corrected chi connectivity index (χ1v) is 9.08. The van der Waals surface area contributed by atoms with Gasteiger partial charge in [0.1, 0.15) is 5.75 Å². The molecule has 1 aliphatic rings. The maximum Gasteiger partial charge on any atom is 0.311 e. The van der Waals surface area contributed by atoms with E-state index in [0.717, 1.165) is 12.8 Å². The van der Waals surface area contributed by atoms with Crippen molar-refractivity contribution in [3.63, 3.8) is 0 Å². The SMILES string of the molecule is CC1=C(C)C(=O)C(CCCCCC(=O)Oc2ccccc2C=O)=C(C)C1=O. The van der Waals surface area contributed by atoms with Crippen LogP contribution in [0.1, 0.15) is 63.2 Å². The van der Waals surface area contributed by atoms with E-state index in [9.17, 15) is 19.2 Å². The Kier molecular flexibility index (Phi) is 6.99. The number of para-hydroxylation sites is 1. The molecular formula is C22H24O5. The van der Waals surface area contributed by atoms with Crippen LogP contribution in [0.4, 0.5) is 0 Å². The van der Waals surface area contributed by atoms with Crippen molar-refractivity contribution in [3.8, 4) is 5.75 Å². The fourth-order valence-electron chi connectivity index (χ4n) is 3.05. The minimum Gasteiger partial charge on any atom is -0.426 e. The molecule has 0 aromatic heterocycles. The van der Waals surface area contributed by atoms with E-state index in [0.29, 0.717) is 47.0 Å². The van der Waals surface area contributed by atoms with Crippen LogP contribution in [-0.4, -0.2) is 23.8 Å². The molecule has 0 atom stereocenters. The number of benzene rings is 1. The minimum atomic E-state index is -0.391. The van der Waals surface area contributed by atoms with Crippen LogP contribution >= 0.6 is 0 Å². The first kappa shape index (κ1) is 20.5. The van der Waals surface area contributed by atoms with Gasteiger partial charge in [-0.15, -0.1) is 0 Å². The Bertz CT molecular complexity index is 842. The molecule has 0 radical (unpaired) electrons. The van der Waals surface area contributed by atoms with Crippen LogP contribution in [0.25, 0.3) is 0 Å². The van der Waals surface area contributed by atoms with Gasteiger partial charge in [-0.1, -0.05) is 18.6 Å². The summed E-state index contributed by atoms with van der Waals surface area (Å²) < 4.78 is 5.22. The third-order valence-electron chi connectivity index (χ3n) is 4.89. The van der Waals surface area contributed by atoms with Crippen molar-refractivity contribution >= 4 is 23.8 Å². The van der Waals surface area contributed by atoms with E-state index in [1.165, 1.54) is 0 Å². The predicted molar refractivity (Wildman–Crippen MR) is 102 cm³/mol. The topological polar surface area (TPSA) is 77.5 Å². The van der Waals surface area contributed by atoms with Crippen LogP contribution < -0.4 is 4.74 Å². The number of hydrogen-bond donors (Lipinski definition) is 0. The molecule has 5 heteroatoms. The average molecular weight is 368 g/mol. The van der Waals surface area contributed by atoms with E-state index in [-0.39, 0.29) is 23.7 Å². The summed E-state index contributed by atoms with van der Waals surface area (Å²) in [5, 5.41) is 0. The Balaban J connectivity index is 1.79. The molecule has 0 bridgehead atoms. The molecule has 142 valence electrons. The van der Waals surface area contributed by atoms with Crippen molar-refractivity contribution in [2.24, 2.45) is 0 Å². The van der Waals surface area contributed by atoms with Crippen LogP contribution in [-0.2, 0) is 14.4 Å². The molecule has 27 heavy (non-hydrogen) atoms. The Morgan fingerprint density at radius 2 is 1.59 bits per heavy atom. The second-order valence-corrected chi connectivity index (χ2v) is 6.70. The summed E-state index contributed by atoms with van der Waals surface area (Å²) in [5.41, 5.74) is 2.52. The highest BCUT2D eigenvalue weighted by molar-refractivity contribution is 6.24. The van der Waals surface area contributed by atoms with E-state index in [2.05, 4.69) is 0 Å². The van der Waals surface area contributed by atoms with Gasteiger partial charge in [0.25, 0.3) is 0 Å². The van der Waals surface area contributed by atoms with E-state index < -0.39 is 5.97 Å². The highest BCUT2D eigenvalue weighted by Crippen LogP contribution is 2.27. The van der Waals surface area contributed by atoms with Crippen molar-refractivity contribution in [1.29, 1.82) is 0 Å². The lowest BCUT2D eigenvalue weighted by molar-refractivity contribution is -0.134. The maximum absolute atomic E-state index is 12.4. The van der Waals surface area contributed by atoms with Gasteiger partial charge in [0, 0.05) is 28.7 Å². The molecule has 5 nitrogen and oxygen atoms in total. The molecule has 0 saturated heterocycles. The number of hydrogen-bond acceptors (Lipinski definition) is 5. The number of rotatable bonds is 8. The smallest absolute Gasteiger partial charge is 0.311 e. The van der Waals surface area contributed by atoms with Crippen LogP contribution in [0.15, 0.2) is 46.6 Å². The third-order valence-corrected chi connectivity index (χ3v) is 4.89. The molecule has 1 aliphatic carbocycles. The Morgan fingerprint density at radius 3 is 2.30 bits per heavy atom. The number of ketones is 2. The average Bonchev–Trinajstić information content (AvgIpc) is 2.67. The van der Waals surface area contributed by atoms with Crippen LogP contribution in [0.5, 0.6) is 5.75 Å². The number of ether oxygens (including phenoxy) is 1. The van der Waals surface area contributed by atoms with Crippen LogP contribution in [0.3, 0.4) is 0 Å². The second kappa shape index (κ2) is 9.21. The quantitative estimate of drug-likeness (QED) is 0.226. The molecule has 0 amide bonds. The molecule has 0 heterocycles. The van der Waals surface area contributed by atoms with Gasteiger partial charge in [0.2, 0.25) is 0 Å². The Labute approximate surface area is 159 Å². The Morgan fingerprint density at radius 1 is 0.926 bits per heavy atom. The number of unbranched alkanes of at least 4 members (excludes halogenated alkanes) is 2. The van der Waals surface area contributed by atoms with Gasteiger partial charge in [-0.3, -0.25) is 19.2 Å². The number of allylic oxidation sites excluding steroid dienone is 4. The van der Waals surface area contributed by atoms with Gasteiger partial charge in [0.15, 0.2) is 17.9 Å². The standard InChI is InChI=1S/C22H24O5/c1-14-15(2)22(26)18(16(3)21(14)25)10-5-4-6-12-20(24)27-19-11-8-7-9-17(19)13-23/h7-9,11,13H,4-6,10,12H2,1-3H3. The van der Waals surface area contributed by atoms with Gasteiger partial charge in [-0.25, -0.2) is 0 Å². The molecule has 1 aromatic rings. The number of carbonyl (C=O) groups excluding carboxylic acids is 4. The molecule has 0 aliphatic heterocycles. The highest BCUT2D eigenvalue weighted by atomic mass is 16.5. The van der Waals surface area contributed by atoms with Crippen molar-refractivity contribution in [2.75, 3.05) is 0 Å². The Hall–Kier alpha value is -2.82. The number of esters is 1. The molecular weight excluding hydrogens is 344 g/mol. The van der Waals surface area contributed by atoms with E-state index in [4.69, 9.17) is 4.74 Å². The predicted octanol–water partition coefficient (Wildman–Crippen LogP) is 4.16. The van der Waals surface area contributed by atoms with Gasteiger partial charge in [-0.2, -0.15) is 0 Å². The second-order valence-electron chi connectivity index (χ2n) is 6.70. The van der Waals surface area contributed by atoms with Crippen molar-refractivity contribution < 1.29 is 23.9 Å². The summed E-state index contributed by atoms with van der Waals surface area (Å²) in [7, 11) is 0. The molecule has 0 unspecified atom stereocenters. The number of carbonyl (C=O) groups is 4. The fourth-order valence-corrected chi connectivity index (χ4v) is 3.05. The van der Waals surface area contributed by atoms with Crippen molar-refractivity contribution in [3.05, 3.63) is 52.1 Å². The summed E-state index contributed by atoms with van der Waals surface area (Å²) >= 11 is 0. The molecule has 0 saturated carbocycles. The van der Waals surface area contributed by atoms with E-state index in [1.807, 2.05) is 0 Å². The lowest BCUT2D eigenvalue weighted by Crippen LogP contribution is -2.20. The van der Waals surface area contributed by atoms with E-state index >= 15 is 0 Å². The molecule has 2 rings (SSSR count). The fraction of sp³-hybridized carbons (Fsp3) is 0.364. The minimum absolute atomic E-state index is 0.0468. The van der Waals surface area contributed by atoms with Gasteiger partial charge >= 0.3 is 5.97 Å². The van der Waals surface area contributed by atoms with Crippen molar-refractivity contribution in [1.82, 2.24) is 0 Å². The maximum atomic E-state index is 12.4. The largest absolute Gasteiger partial charge is 0.426 e. The lowest BCUT2D eigenvalue weighted by atomic mass is 9.84. The monoisotopic (exact) mass is 368 g/mol. The molecule has 0 N–H and O–H groups in total. The lowest BCUT2D eigenvalue weighted by Gasteiger charge is -2.18. The zero-order chi connectivity index (χ0) is 20.0. The third kappa shape index (κ3) is 4.88. The summed E-state index contributed by atoms with van der Waals surface area (Å²) in [6.07, 6.45) is 3.49. The van der Waals surface area contributed by atoms with Gasteiger partial charge in [-0.05, 0) is 52.2 Å². The molecule has 0 spiro atoms. The molecule has 1 aromatic carbocycles. The van der Waals surface area contributed by atoms with Gasteiger partial charge in [0.05, 0.1) is 5.56 Å². The van der Waals surface area contributed by atoms with Crippen molar-refractivity contribution in [2.45, 2.75) is 52.9 Å². The highest BCUT2D eigenvalue weighted by Gasteiger charge is 2.27. The summed E-state index contributed by atoms with van der Waals surface area (Å²) in [6.45, 7) is 5.08. The first-order valence-electron chi connectivity index (χ1n) is 9.08. The first-order chi connectivity index (χ1) is 12.9. The summed E-state index contributed by atoms with van der Waals surface area (Å²) in [4.78, 5) is 47.3. The number of aldehydes is 1. The van der Waals surface area contributed by atoms with Crippen LogP contribution in [0.2, 0.25) is 0 Å². The van der Waals surface area contributed by atoms with Crippen LogP contribution in [0, 0.1) is 0 Å².